The maximum absolute atomic E-state index is 5.62. The van der Waals surface area contributed by atoms with Gasteiger partial charge in [-0.1, -0.05) is 0 Å². The van der Waals surface area contributed by atoms with Crippen LogP contribution in [0, 0.1) is 0 Å². The molecule has 5 nitrogen and oxygen atoms in total. The Morgan fingerprint density at radius 3 is 3.16 bits per heavy atom. The minimum atomic E-state index is 0.346. The molecule has 0 spiro atoms. The third-order valence-electron chi connectivity index (χ3n) is 3.92. The molecule has 2 heterocycles. The lowest BCUT2D eigenvalue weighted by molar-refractivity contribution is 0.00299. The second kappa shape index (κ2) is 5.92. The SMILES string of the molecule is CCOC1CC(Nc2cnn(CC3CCCO3)c2)C1. The molecular weight excluding hydrogens is 242 g/mol. The molecule has 0 bridgehead atoms. The quantitative estimate of drug-likeness (QED) is 0.855. The first kappa shape index (κ1) is 12.9. The van der Waals surface area contributed by atoms with Crippen LogP contribution in [-0.4, -0.2) is 41.2 Å². The van der Waals surface area contributed by atoms with Gasteiger partial charge in [0.2, 0.25) is 0 Å². The number of aromatic nitrogens is 2. The zero-order chi connectivity index (χ0) is 13.1. The maximum Gasteiger partial charge on any atom is 0.0771 e. The van der Waals surface area contributed by atoms with E-state index >= 15 is 0 Å². The van der Waals surface area contributed by atoms with Crippen LogP contribution in [0.2, 0.25) is 0 Å². The van der Waals surface area contributed by atoms with Crippen molar-refractivity contribution >= 4 is 5.69 Å². The third-order valence-corrected chi connectivity index (χ3v) is 3.92. The van der Waals surface area contributed by atoms with E-state index in [4.69, 9.17) is 9.47 Å². The minimum absolute atomic E-state index is 0.346. The van der Waals surface area contributed by atoms with E-state index in [2.05, 4.69) is 23.5 Å². The molecule has 19 heavy (non-hydrogen) atoms. The predicted octanol–water partition coefficient (Wildman–Crippen LogP) is 2.04. The van der Waals surface area contributed by atoms with Gasteiger partial charge in [-0.25, -0.2) is 0 Å². The van der Waals surface area contributed by atoms with Gasteiger partial charge < -0.3 is 14.8 Å². The Labute approximate surface area is 114 Å². The van der Waals surface area contributed by atoms with E-state index in [9.17, 15) is 0 Å². The van der Waals surface area contributed by atoms with Crippen LogP contribution >= 0.6 is 0 Å². The first-order chi connectivity index (χ1) is 9.33. The van der Waals surface area contributed by atoms with E-state index in [1.807, 2.05) is 10.9 Å². The van der Waals surface area contributed by atoms with E-state index < -0.39 is 0 Å². The number of rotatable bonds is 6. The molecule has 1 unspecified atom stereocenters. The van der Waals surface area contributed by atoms with Gasteiger partial charge in [0.1, 0.15) is 0 Å². The average Bonchev–Trinajstić information content (AvgIpc) is 2.99. The summed E-state index contributed by atoms with van der Waals surface area (Å²) in [6.45, 7) is 4.64. The molecule has 1 atom stereocenters. The first-order valence-corrected chi connectivity index (χ1v) is 7.35. The summed E-state index contributed by atoms with van der Waals surface area (Å²) < 4.78 is 13.2. The monoisotopic (exact) mass is 265 g/mol. The molecule has 1 aromatic heterocycles. The van der Waals surface area contributed by atoms with Crippen molar-refractivity contribution in [1.82, 2.24) is 9.78 Å². The van der Waals surface area contributed by atoms with Crippen molar-refractivity contribution in [2.45, 2.75) is 57.4 Å². The summed E-state index contributed by atoms with van der Waals surface area (Å²) in [5, 5.41) is 7.90. The van der Waals surface area contributed by atoms with Crippen molar-refractivity contribution in [3.8, 4) is 0 Å². The Morgan fingerprint density at radius 1 is 1.53 bits per heavy atom. The van der Waals surface area contributed by atoms with Crippen LogP contribution in [0.5, 0.6) is 0 Å². The molecule has 1 N–H and O–H groups in total. The highest BCUT2D eigenvalue weighted by molar-refractivity contribution is 5.40. The summed E-state index contributed by atoms with van der Waals surface area (Å²) >= 11 is 0. The molecule has 1 saturated heterocycles. The van der Waals surface area contributed by atoms with Crippen LogP contribution in [-0.2, 0) is 16.0 Å². The first-order valence-electron chi connectivity index (χ1n) is 7.35. The van der Waals surface area contributed by atoms with E-state index in [0.29, 0.717) is 18.2 Å². The van der Waals surface area contributed by atoms with Crippen LogP contribution in [0.15, 0.2) is 12.4 Å². The molecule has 1 saturated carbocycles. The van der Waals surface area contributed by atoms with Gasteiger partial charge in [0, 0.05) is 25.5 Å². The Kier molecular flexibility index (Phi) is 4.03. The summed E-state index contributed by atoms with van der Waals surface area (Å²) in [6.07, 6.45) is 9.32. The van der Waals surface area contributed by atoms with Crippen LogP contribution < -0.4 is 5.32 Å². The molecule has 106 valence electrons. The number of hydrogen-bond donors (Lipinski definition) is 1. The Hall–Kier alpha value is -1.07. The van der Waals surface area contributed by atoms with Gasteiger partial charge in [-0.2, -0.15) is 5.10 Å². The molecular formula is C14H23N3O2. The number of ether oxygens (including phenoxy) is 2. The van der Waals surface area contributed by atoms with Crippen molar-refractivity contribution in [3.05, 3.63) is 12.4 Å². The second-order valence-corrected chi connectivity index (χ2v) is 5.48. The van der Waals surface area contributed by atoms with Crippen molar-refractivity contribution < 1.29 is 9.47 Å². The van der Waals surface area contributed by atoms with Crippen molar-refractivity contribution in [2.75, 3.05) is 18.5 Å². The Balaban J connectivity index is 1.43. The number of anilines is 1. The van der Waals surface area contributed by atoms with Gasteiger partial charge >= 0.3 is 0 Å². The van der Waals surface area contributed by atoms with Gasteiger partial charge in [0.15, 0.2) is 0 Å². The zero-order valence-electron chi connectivity index (χ0n) is 11.5. The molecule has 3 rings (SSSR count). The van der Waals surface area contributed by atoms with Gasteiger partial charge in [-0.05, 0) is 32.6 Å². The fourth-order valence-electron chi connectivity index (χ4n) is 2.83. The number of nitrogens with zero attached hydrogens (tertiary/aromatic N) is 2. The molecule has 0 radical (unpaired) electrons. The topological polar surface area (TPSA) is 48.3 Å². The largest absolute Gasteiger partial charge is 0.380 e. The minimum Gasteiger partial charge on any atom is -0.380 e. The number of hydrogen-bond acceptors (Lipinski definition) is 4. The molecule has 1 aromatic rings. The highest BCUT2D eigenvalue weighted by Crippen LogP contribution is 2.26. The second-order valence-electron chi connectivity index (χ2n) is 5.48. The zero-order valence-corrected chi connectivity index (χ0v) is 11.5. The smallest absolute Gasteiger partial charge is 0.0771 e. The van der Waals surface area contributed by atoms with Crippen LogP contribution in [0.25, 0.3) is 0 Å². The predicted molar refractivity (Wildman–Crippen MR) is 73.3 cm³/mol. The average molecular weight is 265 g/mol. The van der Waals surface area contributed by atoms with Gasteiger partial charge in [0.25, 0.3) is 0 Å². The van der Waals surface area contributed by atoms with E-state index in [-0.39, 0.29) is 0 Å². The molecule has 0 aromatic carbocycles. The van der Waals surface area contributed by atoms with Crippen molar-refractivity contribution in [3.63, 3.8) is 0 Å². The molecule has 2 fully saturated rings. The van der Waals surface area contributed by atoms with E-state index in [0.717, 1.165) is 44.7 Å². The highest BCUT2D eigenvalue weighted by Gasteiger charge is 2.29. The molecule has 1 aliphatic carbocycles. The lowest BCUT2D eigenvalue weighted by Gasteiger charge is -2.35. The summed E-state index contributed by atoms with van der Waals surface area (Å²) in [4.78, 5) is 0. The third kappa shape index (κ3) is 3.28. The lowest BCUT2D eigenvalue weighted by atomic mass is 9.89. The van der Waals surface area contributed by atoms with Gasteiger partial charge in [0.05, 0.1) is 30.6 Å². The fourth-order valence-corrected chi connectivity index (χ4v) is 2.83. The van der Waals surface area contributed by atoms with E-state index in [1.165, 1.54) is 6.42 Å². The van der Waals surface area contributed by atoms with Crippen LogP contribution in [0.4, 0.5) is 5.69 Å². The molecule has 0 amide bonds. The number of nitrogens with one attached hydrogen (secondary N) is 1. The Bertz CT molecular complexity index is 395. The summed E-state index contributed by atoms with van der Waals surface area (Å²) in [5.74, 6) is 0. The fraction of sp³-hybridized carbons (Fsp3) is 0.786. The highest BCUT2D eigenvalue weighted by atomic mass is 16.5. The van der Waals surface area contributed by atoms with Crippen molar-refractivity contribution in [1.29, 1.82) is 0 Å². The summed E-state index contributed by atoms with van der Waals surface area (Å²) in [7, 11) is 0. The normalized spacial score (nSPS) is 30.3. The Morgan fingerprint density at radius 2 is 2.42 bits per heavy atom. The molecule has 2 aliphatic rings. The van der Waals surface area contributed by atoms with E-state index in [1.54, 1.807) is 0 Å². The van der Waals surface area contributed by atoms with Gasteiger partial charge in [-0.15, -0.1) is 0 Å². The maximum atomic E-state index is 5.62. The summed E-state index contributed by atoms with van der Waals surface area (Å²) in [6, 6.07) is 0.539. The van der Waals surface area contributed by atoms with Crippen molar-refractivity contribution in [2.24, 2.45) is 0 Å². The molecule has 5 heteroatoms. The lowest BCUT2D eigenvalue weighted by Crippen LogP contribution is -2.40. The summed E-state index contributed by atoms with van der Waals surface area (Å²) in [5.41, 5.74) is 1.11. The van der Waals surface area contributed by atoms with Crippen LogP contribution in [0.1, 0.15) is 32.6 Å². The molecule has 1 aliphatic heterocycles. The van der Waals surface area contributed by atoms with Crippen LogP contribution in [0.3, 0.4) is 0 Å². The van der Waals surface area contributed by atoms with Gasteiger partial charge in [-0.3, -0.25) is 4.68 Å². The standard InChI is InChI=1S/C14H23N3O2/c1-2-18-14-6-11(7-14)16-12-8-15-17(9-12)10-13-4-3-5-19-13/h8-9,11,13-14,16H,2-7,10H2,1H3.